The van der Waals surface area contributed by atoms with Crippen molar-refractivity contribution in [3.8, 4) is 22.1 Å². The Bertz CT molecular complexity index is 1660. The molecule has 0 spiro atoms. The van der Waals surface area contributed by atoms with E-state index in [4.69, 9.17) is 33.0 Å². The molecule has 0 amide bonds. The molecule has 1 aromatic heterocycles. The number of aromatic nitrogens is 2. The molecule has 3 N–H and O–H groups in total. The van der Waals surface area contributed by atoms with Gasteiger partial charge < -0.3 is 15.2 Å². The number of carbonyl (C=O) groups is 1. The molecule has 11 heteroatoms. The minimum atomic E-state index is -0.975. The van der Waals surface area contributed by atoms with Crippen LogP contribution in [0.2, 0.25) is 10.0 Å². The van der Waals surface area contributed by atoms with Gasteiger partial charge in [-0.2, -0.15) is 5.10 Å². The van der Waals surface area contributed by atoms with Crippen LogP contribution >= 0.6 is 34.5 Å². The van der Waals surface area contributed by atoms with E-state index in [0.717, 1.165) is 21.8 Å². The Hall–Kier alpha value is -4.44. The summed E-state index contributed by atoms with van der Waals surface area (Å²) in [4.78, 5) is 11.0. The largest absolute Gasteiger partial charge is 0.478 e. The molecule has 5 aromatic rings. The molecule has 39 heavy (non-hydrogen) atoms. The highest BCUT2D eigenvalue weighted by atomic mass is 35.5. The summed E-state index contributed by atoms with van der Waals surface area (Å²) < 4.78 is 6.08. The summed E-state index contributed by atoms with van der Waals surface area (Å²) in [6.07, 6.45) is 1.65. The average Bonchev–Trinajstić information content (AvgIpc) is 3.40. The van der Waals surface area contributed by atoms with Crippen molar-refractivity contribution in [3.63, 3.8) is 0 Å². The van der Waals surface area contributed by atoms with Crippen LogP contribution in [-0.2, 0) is 0 Å². The van der Waals surface area contributed by atoms with Gasteiger partial charge in [-0.3, -0.25) is 5.43 Å². The standard InChI is InChI=1S/C28H19Cl2N5O3S/c29-24-12-11-21(15-25(24)30)32-28-35-34-26(39-28)19-4-2-6-23(14-19)38-22-5-1-3-17(13-22)16-31-33-20-9-7-18(8-10-20)27(36)37/h1-16,33H,(H,32,35)(H,36,37). The molecule has 0 atom stereocenters. The van der Waals surface area contributed by atoms with Crippen LogP contribution in [0, 0.1) is 0 Å². The van der Waals surface area contributed by atoms with Crippen LogP contribution in [0.1, 0.15) is 15.9 Å². The highest BCUT2D eigenvalue weighted by Gasteiger charge is 2.10. The van der Waals surface area contributed by atoms with Gasteiger partial charge in [-0.25, -0.2) is 4.79 Å². The predicted octanol–water partition coefficient (Wildman–Crippen LogP) is 8.19. The van der Waals surface area contributed by atoms with Gasteiger partial charge in [0.1, 0.15) is 16.5 Å². The predicted molar refractivity (Wildman–Crippen MR) is 156 cm³/mol. The van der Waals surface area contributed by atoms with Gasteiger partial charge in [0.05, 0.1) is 27.5 Å². The molecule has 0 aliphatic carbocycles. The molecule has 4 aromatic carbocycles. The van der Waals surface area contributed by atoms with Gasteiger partial charge in [0.2, 0.25) is 5.13 Å². The number of carboxylic acids is 1. The molecular weight excluding hydrogens is 557 g/mol. The van der Waals surface area contributed by atoms with Crippen molar-refractivity contribution in [2.45, 2.75) is 0 Å². The summed E-state index contributed by atoms with van der Waals surface area (Å²) in [5.74, 6) is 0.311. The van der Waals surface area contributed by atoms with Crippen LogP contribution in [0.15, 0.2) is 96.1 Å². The minimum Gasteiger partial charge on any atom is -0.478 e. The van der Waals surface area contributed by atoms with Gasteiger partial charge >= 0.3 is 5.97 Å². The number of ether oxygens (including phenoxy) is 1. The number of aromatic carboxylic acids is 1. The van der Waals surface area contributed by atoms with E-state index in [1.54, 1.807) is 30.5 Å². The lowest BCUT2D eigenvalue weighted by atomic mass is 10.2. The summed E-state index contributed by atoms with van der Waals surface area (Å²) in [5.41, 5.74) is 6.22. The number of carboxylic acid groups (broad SMARTS) is 1. The Morgan fingerprint density at radius 1 is 0.872 bits per heavy atom. The number of anilines is 3. The van der Waals surface area contributed by atoms with Crippen LogP contribution < -0.4 is 15.5 Å². The Kier molecular flexibility index (Phi) is 8.02. The third-order valence-corrected chi connectivity index (χ3v) is 6.94. The van der Waals surface area contributed by atoms with Crippen LogP contribution in [0.5, 0.6) is 11.5 Å². The second kappa shape index (κ2) is 12.0. The number of nitrogens with zero attached hydrogens (tertiary/aromatic N) is 3. The van der Waals surface area contributed by atoms with Crippen molar-refractivity contribution in [2.24, 2.45) is 5.10 Å². The third-order valence-electron chi connectivity index (χ3n) is 5.31. The van der Waals surface area contributed by atoms with E-state index in [2.05, 4.69) is 26.0 Å². The lowest BCUT2D eigenvalue weighted by Gasteiger charge is -2.07. The molecule has 194 valence electrons. The molecule has 0 aliphatic heterocycles. The highest BCUT2D eigenvalue weighted by Crippen LogP contribution is 2.33. The summed E-state index contributed by atoms with van der Waals surface area (Å²) in [7, 11) is 0. The first-order valence-electron chi connectivity index (χ1n) is 11.5. The van der Waals surface area contributed by atoms with E-state index in [9.17, 15) is 4.79 Å². The zero-order valence-corrected chi connectivity index (χ0v) is 22.3. The molecule has 5 rings (SSSR count). The molecule has 0 aliphatic rings. The topological polar surface area (TPSA) is 109 Å². The van der Waals surface area contributed by atoms with Gasteiger partial charge in [0.15, 0.2) is 0 Å². The first-order valence-corrected chi connectivity index (χ1v) is 13.1. The third kappa shape index (κ3) is 6.91. The summed E-state index contributed by atoms with van der Waals surface area (Å²) in [5, 5.41) is 27.2. The zero-order chi connectivity index (χ0) is 27.2. The lowest BCUT2D eigenvalue weighted by Crippen LogP contribution is -1.96. The fourth-order valence-corrected chi connectivity index (χ4v) is 4.50. The number of hydrogen-bond acceptors (Lipinski definition) is 8. The van der Waals surface area contributed by atoms with Gasteiger partial charge in [-0.15, -0.1) is 10.2 Å². The van der Waals surface area contributed by atoms with E-state index in [1.165, 1.54) is 23.5 Å². The number of halogens is 2. The number of hydrogen-bond donors (Lipinski definition) is 3. The Labute approximate surface area is 237 Å². The fraction of sp³-hybridized carbons (Fsp3) is 0. The maximum atomic E-state index is 11.0. The molecule has 0 fully saturated rings. The maximum absolute atomic E-state index is 11.0. The quantitative estimate of drug-likeness (QED) is 0.120. The Balaban J connectivity index is 1.23. The van der Waals surface area contributed by atoms with Crippen molar-refractivity contribution in [1.82, 2.24) is 10.2 Å². The van der Waals surface area contributed by atoms with Crippen LogP contribution in [0.25, 0.3) is 10.6 Å². The van der Waals surface area contributed by atoms with E-state index in [0.29, 0.717) is 32.4 Å². The summed E-state index contributed by atoms with van der Waals surface area (Å²) in [6.45, 7) is 0. The lowest BCUT2D eigenvalue weighted by molar-refractivity contribution is 0.0697. The van der Waals surface area contributed by atoms with Gasteiger partial charge in [-0.05, 0) is 72.3 Å². The van der Waals surface area contributed by atoms with Crippen molar-refractivity contribution in [2.75, 3.05) is 10.7 Å². The van der Waals surface area contributed by atoms with Crippen molar-refractivity contribution < 1.29 is 14.6 Å². The van der Waals surface area contributed by atoms with Crippen molar-refractivity contribution in [3.05, 3.63) is 112 Å². The smallest absolute Gasteiger partial charge is 0.335 e. The second-order valence-electron chi connectivity index (χ2n) is 8.12. The second-order valence-corrected chi connectivity index (χ2v) is 9.91. The molecule has 8 nitrogen and oxygen atoms in total. The normalized spacial score (nSPS) is 10.9. The number of rotatable bonds is 9. The number of hydrazone groups is 1. The average molecular weight is 576 g/mol. The molecule has 0 bridgehead atoms. The van der Waals surface area contributed by atoms with E-state index in [1.807, 2.05) is 54.6 Å². The highest BCUT2D eigenvalue weighted by molar-refractivity contribution is 7.18. The van der Waals surface area contributed by atoms with E-state index in [-0.39, 0.29) is 5.56 Å². The minimum absolute atomic E-state index is 0.213. The zero-order valence-electron chi connectivity index (χ0n) is 20.0. The van der Waals surface area contributed by atoms with Crippen LogP contribution in [-0.4, -0.2) is 27.5 Å². The molecule has 0 unspecified atom stereocenters. The van der Waals surface area contributed by atoms with Crippen molar-refractivity contribution in [1.29, 1.82) is 0 Å². The van der Waals surface area contributed by atoms with Gasteiger partial charge in [0.25, 0.3) is 0 Å². The molecule has 0 saturated carbocycles. The first kappa shape index (κ1) is 26.2. The number of nitrogens with one attached hydrogen (secondary N) is 2. The molecule has 1 heterocycles. The summed E-state index contributed by atoms with van der Waals surface area (Å²) >= 11 is 13.5. The number of benzene rings is 4. The SMILES string of the molecule is O=C(O)c1ccc(NN=Cc2cccc(Oc3cccc(-c4nnc(Nc5ccc(Cl)c(Cl)c5)s4)c3)c2)cc1. The van der Waals surface area contributed by atoms with Gasteiger partial charge in [0, 0.05) is 11.3 Å². The van der Waals surface area contributed by atoms with Crippen LogP contribution in [0.4, 0.5) is 16.5 Å². The first-order chi connectivity index (χ1) is 18.9. The van der Waals surface area contributed by atoms with E-state index < -0.39 is 5.97 Å². The monoisotopic (exact) mass is 575 g/mol. The fourth-order valence-electron chi connectivity index (χ4n) is 3.44. The van der Waals surface area contributed by atoms with Crippen LogP contribution in [0.3, 0.4) is 0 Å². The molecule has 0 saturated heterocycles. The Morgan fingerprint density at radius 2 is 1.62 bits per heavy atom. The Morgan fingerprint density at radius 3 is 2.38 bits per heavy atom. The maximum Gasteiger partial charge on any atom is 0.335 e. The van der Waals surface area contributed by atoms with Crippen molar-refractivity contribution >= 4 is 63.2 Å². The van der Waals surface area contributed by atoms with E-state index >= 15 is 0 Å². The molecular formula is C28H19Cl2N5O3S. The summed E-state index contributed by atoms with van der Waals surface area (Å²) in [6, 6.07) is 26.6. The molecule has 0 radical (unpaired) electrons. The van der Waals surface area contributed by atoms with Gasteiger partial charge in [-0.1, -0.05) is 58.8 Å².